The number of aromatic nitrogens is 1. The second-order valence-electron chi connectivity index (χ2n) is 4.51. The Hall–Kier alpha value is -1.58. The molecule has 0 radical (unpaired) electrons. The molecule has 0 unspecified atom stereocenters. The van der Waals surface area contributed by atoms with Gasteiger partial charge in [0.25, 0.3) is 0 Å². The van der Waals surface area contributed by atoms with E-state index in [0.29, 0.717) is 18.0 Å². The molecule has 19 heavy (non-hydrogen) atoms. The van der Waals surface area contributed by atoms with Gasteiger partial charge in [0.1, 0.15) is 11.5 Å². The SMILES string of the molecule is O=S(=O)(CC1CC1)Nc1cccc(C#CCCO)n1. The Morgan fingerprint density at radius 2 is 2.21 bits per heavy atom. The molecule has 0 amide bonds. The van der Waals surface area contributed by atoms with E-state index in [1.54, 1.807) is 18.2 Å². The third-order valence-corrected chi connectivity index (χ3v) is 4.04. The zero-order chi connectivity index (χ0) is 13.7. The number of sulfonamides is 1. The minimum atomic E-state index is -3.31. The highest BCUT2D eigenvalue weighted by molar-refractivity contribution is 7.92. The van der Waals surface area contributed by atoms with Crippen molar-refractivity contribution in [1.29, 1.82) is 0 Å². The van der Waals surface area contributed by atoms with Crippen LogP contribution in [0.25, 0.3) is 0 Å². The lowest BCUT2D eigenvalue weighted by molar-refractivity contribution is 0.305. The van der Waals surface area contributed by atoms with E-state index in [-0.39, 0.29) is 18.2 Å². The molecule has 0 spiro atoms. The van der Waals surface area contributed by atoms with Crippen molar-refractivity contribution in [1.82, 2.24) is 4.98 Å². The zero-order valence-electron chi connectivity index (χ0n) is 10.5. The van der Waals surface area contributed by atoms with Crippen LogP contribution in [0.3, 0.4) is 0 Å². The van der Waals surface area contributed by atoms with Gasteiger partial charge in [-0.2, -0.15) is 0 Å². The maximum Gasteiger partial charge on any atom is 0.234 e. The number of hydrogen-bond acceptors (Lipinski definition) is 4. The molecule has 0 aliphatic heterocycles. The Labute approximate surface area is 113 Å². The fourth-order valence-electron chi connectivity index (χ4n) is 1.57. The molecule has 0 aromatic carbocycles. The molecule has 0 saturated heterocycles. The molecule has 1 saturated carbocycles. The van der Waals surface area contributed by atoms with E-state index in [9.17, 15) is 8.42 Å². The summed E-state index contributed by atoms with van der Waals surface area (Å²) in [5, 5.41) is 8.63. The molecule has 1 heterocycles. The summed E-state index contributed by atoms with van der Waals surface area (Å²) in [4.78, 5) is 4.11. The fourth-order valence-corrected chi connectivity index (χ4v) is 3.04. The number of nitrogens with zero attached hydrogens (tertiary/aromatic N) is 1. The topological polar surface area (TPSA) is 79.3 Å². The van der Waals surface area contributed by atoms with Crippen LogP contribution < -0.4 is 4.72 Å². The van der Waals surface area contributed by atoms with Gasteiger partial charge in [0, 0.05) is 6.42 Å². The van der Waals surface area contributed by atoms with Crippen LogP contribution in [0.4, 0.5) is 5.82 Å². The van der Waals surface area contributed by atoms with E-state index in [4.69, 9.17) is 5.11 Å². The molecule has 1 aromatic heterocycles. The quantitative estimate of drug-likeness (QED) is 0.788. The third kappa shape index (κ3) is 4.89. The van der Waals surface area contributed by atoms with Gasteiger partial charge in [0.05, 0.1) is 12.4 Å². The molecule has 5 nitrogen and oxygen atoms in total. The van der Waals surface area contributed by atoms with Crippen LogP contribution in [-0.4, -0.2) is 30.9 Å². The van der Waals surface area contributed by atoms with Crippen molar-refractivity contribution in [3.8, 4) is 11.8 Å². The maximum atomic E-state index is 11.8. The number of nitrogens with one attached hydrogen (secondary N) is 1. The molecule has 6 heteroatoms. The summed E-state index contributed by atoms with van der Waals surface area (Å²) in [7, 11) is -3.31. The van der Waals surface area contributed by atoms with Crippen molar-refractivity contribution >= 4 is 15.8 Å². The van der Waals surface area contributed by atoms with Crippen LogP contribution in [0.5, 0.6) is 0 Å². The number of rotatable bonds is 5. The van der Waals surface area contributed by atoms with Gasteiger partial charge in [0.15, 0.2) is 0 Å². The molecular weight excluding hydrogens is 264 g/mol. The van der Waals surface area contributed by atoms with Crippen LogP contribution >= 0.6 is 0 Å². The fraction of sp³-hybridized carbons (Fsp3) is 0.462. The van der Waals surface area contributed by atoms with Crippen LogP contribution in [0.2, 0.25) is 0 Å². The van der Waals surface area contributed by atoms with E-state index in [0.717, 1.165) is 12.8 Å². The lowest BCUT2D eigenvalue weighted by Gasteiger charge is -2.06. The summed E-state index contributed by atoms with van der Waals surface area (Å²) >= 11 is 0. The number of hydrogen-bond donors (Lipinski definition) is 2. The minimum absolute atomic E-state index is 0.000703. The molecule has 1 fully saturated rings. The van der Waals surface area contributed by atoms with Crippen LogP contribution in [-0.2, 0) is 10.0 Å². The second kappa shape index (κ2) is 6.04. The largest absolute Gasteiger partial charge is 0.395 e. The van der Waals surface area contributed by atoms with Crippen molar-refractivity contribution in [2.75, 3.05) is 17.1 Å². The summed E-state index contributed by atoms with van der Waals surface area (Å²) in [5.74, 6) is 6.26. The van der Waals surface area contributed by atoms with E-state index in [1.165, 1.54) is 0 Å². The van der Waals surface area contributed by atoms with Crippen molar-refractivity contribution in [2.24, 2.45) is 5.92 Å². The van der Waals surface area contributed by atoms with Gasteiger partial charge in [-0.1, -0.05) is 12.0 Å². The summed E-state index contributed by atoms with van der Waals surface area (Å²) in [6.07, 6.45) is 2.35. The van der Waals surface area contributed by atoms with Gasteiger partial charge in [-0.15, -0.1) is 0 Å². The molecule has 1 aliphatic rings. The lowest BCUT2D eigenvalue weighted by atomic mass is 10.3. The Bertz CT molecular complexity index is 598. The Kier molecular flexibility index (Phi) is 4.40. The van der Waals surface area contributed by atoms with Gasteiger partial charge in [-0.05, 0) is 36.8 Å². The van der Waals surface area contributed by atoms with E-state index in [2.05, 4.69) is 21.5 Å². The summed E-state index contributed by atoms with van der Waals surface area (Å²) in [6, 6.07) is 5.00. The van der Waals surface area contributed by atoms with Gasteiger partial charge in [-0.25, -0.2) is 13.4 Å². The monoisotopic (exact) mass is 280 g/mol. The number of aliphatic hydroxyl groups is 1. The molecule has 1 aliphatic carbocycles. The number of pyridine rings is 1. The first-order valence-electron chi connectivity index (χ1n) is 6.16. The van der Waals surface area contributed by atoms with Crippen LogP contribution in [0, 0.1) is 17.8 Å². The summed E-state index contributed by atoms with van der Waals surface area (Å²) in [6.45, 7) is 0.000703. The normalized spacial score (nSPS) is 14.6. The summed E-state index contributed by atoms with van der Waals surface area (Å²) in [5.41, 5.74) is 0.486. The molecule has 0 atom stereocenters. The zero-order valence-corrected chi connectivity index (χ0v) is 11.3. The van der Waals surface area contributed by atoms with Crippen molar-refractivity contribution in [3.05, 3.63) is 23.9 Å². The molecule has 2 rings (SSSR count). The first kappa shape index (κ1) is 13.8. The number of anilines is 1. The predicted octanol–water partition coefficient (Wildman–Crippen LogP) is 0.967. The Balaban J connectivity index is 2.04. The molecule has 0 bridgehead atoms. The van der Waals surface area contributed by atoms with Crippen molar-refractivity contribution in [2.45, 2.75) is 19.3 Å². The van der Waals surface area contributed by atoms with Crippen molar-refractivity contribution in [3.63, 3.8) is 0 Å². The molecular formula is C13H16N2O3S. The first-order valence-corrected chi connectivity index (χ1v) is 7.81. The lowest BCUT2D eigenvalue weighted by Crippen LogP contribution is -2.18. The highest BCUT2D eigenvalue weighted by atomic mass is 32.2. The minimum Gasteiger partial charge on any atom is -0.395 e. The Morgan fingerprint density at radius 3 is 2.89 bits per heavy atom. The smallest absolute Gasteiger partial charge is 0.234 e. The van der Waals surface area contributed by atoms with Gasteiger partial charge < -0.3 is 5.11 Å². The van der Waals surface area contributed by atoms with E-state index < -0.39 is 10.0 Å². The first-order chi connectivity index (χ1) is 9.09. The average molecular weight is 280 g/mol. The van der Waals surface area contributed by atoms with Gasteiger partial charge in [-0.3, -0.25) is 4.72 Å². The van der Waals surface area contributed by atoms with E-state index >= 15 is 0 Å². The van der Waals surface area contributed by atoms with E-state index in [1.807, 2.05) is 0 Å². The highest BCUT2D eigenvalue weighted by Crippen LogP contribution is 2.30. The Morgan fingerprint density at radius 1 is 1.42 bits per heavy atom. The van der Waals surface area contributed by atoms with Gasteiger partial charge >= 0.3 is 0 Å². The van der Waals surface area contributed by atoms with Gasteiger partial charge in [0.2, 0.25) is 10.0 Å². The maximum absolute atomic E-state index is 11.8. The molecule has 2 N–H and O–H groups in total. The highest BCUT2D eigenvalue weighted by Gasteiger charge is 2.28. The van der Waals surface area contributed by atoms with Crippen LogP contribution in [0.15, 0.2) is 18.2 Å². The van der Waals surface area contributed by atoms with Crippen molar-refractivity contribution < 1.29 is 13.5 Å². The molecule has 1 aromatic rings. The third-order valence-electron chi connectivity index (χ3n) is 2.61. The molecule has 102 valence electrons. The second-order valence-corrected chi connectivity index (χ2v) is 6.28. The van der Waals surface area contributed by atoms with Crippen LogP contribution in [0.1, 0.15) is 25.0 Å². The average Bonchev–Trinajstić information content (AvgIpc) is 3.12. The predicted molar refractivity (Wildman–Crippen MR) is 73.0 cm³/mol. The standard InChI is InChI=1S/C13H16N2O3S/c16-9-2-1-4-12-5-3-6-13(14-12)15-19(17,18)10-11-7-8-11/h3,5-6,11,16H,2,7-10H2,(H,14,15). The number of aliphatic hydroxyl groups excluding tert-OH is 1. The summed E-state index contributed by atoms with van der Waals surface area (Å²) < 4.78 is 26.1.